The molecule has 0 N–H and O–H groups in total. The lowest BCUT2D eigenvalue weighted by atomic mass is 10.1. The molecule has 1 aliphatic heterocycles. The molecule has 1 fully saturated rings. The minimum atomic E-state index is -0.484. The molecule has 3 rings (SSSR count). The summed E-state index contributed by atoms with van der Waals surface area (Å²) in [6.45, 7) is 3.78. The molecular weight excluding hydrogens is 349 g/mol. The predicted molar refractivity (Wildman–Crippen MR) is 98.1 cm³/mol. The van der Waals surface area contributed by atoms with Crippen molar-refractivity contribution in [1.29, 1.82) is 10.5 Å². The molecule has 1 saturated heterocycles. The van der Waals surface area contributed by atoms with Crippen LogP contribution in [-0.4, -0.2) is 31.1 Å². The fraction of sp³-hybridized carbons (Fsp3) is 0.263. The summed E-state index contributed by atoms with van der Waals surface area (Å²) >= 11 is 0. The number of hydrogen-bond donors (Lipinski definition) is 0. The van der Waals surface area contributed by atoms with Crippen molar-refractivity contribution < 1.29 is 9.31 Å². The van der Waals surface area contributed by atoms with Crippen LogP contribution in [0.15, 0.2) is 30.3 Å². The fourth-order valence-electron chi connectivity index (χ4n) is 3.29. The molecule has 27 heavy (non-hydrogen) atoms. The molecule has 0 radical (unpaired) electrons. The monoisotopic (exact) mass is 365 g/mol. The number of nitro benzene ring substituents is 1. The first-order valence-electron chi connectivity index (χ1n) is 8.33. The van der Waals surface area contributed by atoms with Gasteiger partial charge in [-0.2, -0.15) is 10.5 Å². The Balaban J connectivity index is 1.82. The minimum absolute atomic E-state index is 0.0791. The number of rotatable bonds is 3. The molecule has 2 aromatic carbocycles. The highest BCUT2D eigenvalue weighted by Gasteiger charge is 2.24. The highest BCUT2D eigenvalue weighted by atomic mass is 19.1. The van der Waals surface area contributed by atoms with E-state index in [1.165, 1.54) is 12.1 Å². The lowest BCUT2D eigenvalue weighted by molar-refractivity contribution is -0.385. The van der Waals surface area contributed by atoms with Gasteiger partial charge in [0.25, 0.3) is 5.69 Å². The van der Waals surface area contributed by atoms with E-state index >= 15 is 0 Å². The van der Waals surface area contributed by atoms with E-state index in [0.717, 1.165) is 0 Å². The SMILES string of the molecule is Cc1c(N2CCN(c3ccc(C#N)cc3F)CC2)cc(C#N)cc1[N+](=O)[O-]. The maximum atomic E-state index is 14.2. The number of nitriles is 2. The van der Waals surface area contributed by atoms with Crippen molar-refractivity contribution >= 4 is 17.1 Å². The number of piperazine rings is 1. The fourth-order valence-corrected chi connectivity index (χ4v) is 3.29. The first-order valence-corrected chi connectivity index (χ1v) is 8.33. The van der Waals surface area contributed by atoms with E-state index in [-0.39, 0.29) is 16.8 Å². The largest absolute Gasteiger partial charge is 0.368 e. The van der Waals surface area contributed by atoms with Crippen molar-refractivity contribution in [2.24, 2.45) is 0 Å². The minimum Gasteiger partial charge on any atom is -0.368 e. The Morgan fingerprint density at radius 2 is 1.59 bits per heavy atom. The molecule has 8 heteroatoms. The van der Waals surface area contributed by atoms with Crippen LogP contribution in [0, 0.1) is 45.5 Å². The van der Waals surface area contributed by atoms with E-state index in [9.17, 15) is 14.5 Å². The summed E-state index contributed by atoms with van der Waals surface area (Å²) in [5.74, 6) is -0.444. The Morgan fingerprint density at radius 3 is 2.11 bits per heavy atom. The molecule has 0 bridgehead atoms. The van der Waals surface area contributed by atoms with Gasteiger partial charge in [-0.15, -0.1) is 0 Å². The van der Waals surface area contributed by atoms with Crippen LogP contribution >= 0.6 is 0 Å². The number of hydrogen-bond acceptors (Lipinski definition) is 6. The van der Waals surface area contributed by atoms with Crippen LogP contribution in [-0.2, 0) is 0 Å². The highest BCUT2D eigenvalue weighted by molar-refractivity contribution is 5.66. The van der Waals surface area contributed by atoms with Gasteiger partial charge >= 0.3 is 0 Å². The zero-order valence-electron chi connectivity index (χ0n) is 14.6. The zero-order valence-corrected chi connectivity index (χ0v) is 14.6. The molecule has 0 unspecified atom stereocenters. The molecule has 0 aliphatic carbocycles. The van der Waals surface area contributed by atoms with E-state index in [0.29, 0.717) is 43.1 Å². The van der Waals surface area contributed by atoms with Crippen molar-refractivity contribution in [1.82, 2.24) is 0 Å². The quantitative estimate of drug-likeness (QED) is 0.612. The van der Waals surface area contributed by atoms with E-state index < -0.39 is 10.7 Å². The number of halogens is 1. The van der Waals surface area contributed by atoms with Gasteiger partial charge in [0.1, 0.15) is 5.82 Å². The van der Waals surface area contributed by atoms with Crippen molar-refractivity contribution in [3.8, 4) is 12.1 Å². The van der Waals surface area contributed by atoms with Gasteiger partial charge in [0, 0.05) is 37.9 Å². The molecule has 2 aromatic rings. The molecule has 136 valence electrons. The third-order valence-electron chi connectivity index (χ3n) is 4.72. The average molecular weight is 365 g/mol. The van der Waals surface area contributed by atoms with Crippen LogP contribution < -0.4 is 9.80 Å². The van der Waals surface area contributed by atoms with Crippen LogP contribution in [0.2, 0.25) is 0 Å². The number of anilines is 2. The Bertz CT molecular complexity index is 985. The smallest absolute Gasteiger partial charge is 0.275 e. The van der Waals surface area contributed by atoms with Gasteiger partial charge in [-0.3, -0.25) is 10.1 Å². The summed E-state index contributed by atoms with van der Waals surface area (Å²) in [7, 11) is 0. The van der Waals surface area contributed by atoms with Crippen LogP contribution in [0.4, 0.5) is 21.5 Å². The summed E-state index contributed by atoms with van der Waals surface area (Å²) in [4.78, 5) is 14.6. The summed E-state index contributed by atoms with van der Waals surface area (Å²) in [6.07, 6.45) is 0. The van der Waals surface area contributed by atoms with Crippen molar-refractivity contribution in [3.05, 3.63) is 63.0 Å². The van der Waals surface area contributed by atoms with Crippen LogP contribution in [0.25, 0.3) is 0 Å². The molecular formula is C19H16FN5O2. The molecule has 1 heterocycles. The predicted octanol–water partition coefficient (Wildman–Crippen LogP) is 3.11. The molecule has 0 atom stereocenters. The van der Waals surface area contributed by atoms with Gasteiger partial charge in [-0.1, -0.05) is 0 Å². The van der Waals surface area contributed by atoms with Crippen LogP contribution in [0.3, 0.4) is 0 Å². The van der Waals surface area contributed by atoms with Crippen molar-refractivity contribution in [2.75, 3.05) is 36.0 Å². The van der Waals surface area contributed by atoms with Gasteiger partial charge in [0.05, 0.1) is 39.4 Å². The summed E-state index contributed by atoms with van der Waals surface area (Å²) < 4.78 is 14.2. The normalized spacial score (nSPS) is 13.8. The lowest BCUT2D eigenvalue weighted by Gasteiger charge is -2.38. The average Bonchev–Trinajstić information content (AvgIpc) is 2.68. The van der Waals surface area contributed by atoms with Gasteiger partial charge < -0.3 is 9.80 Å². The standard InChI is InChI=1S/C19H16FN5O2/c1-13-18(9-15(12-22)10-19(13)25(26)27)24-6-4-23(5-7-24)17-3-2-14(11-21)8-16(17)20/h2-3,8-10H,4-7H2,1H3. The number of benzene rings is 2. The summed E-state index contributed by atoms with van der Waals surface area (Å²) in [5, 5.41) is 29.3. The van der Waals surface area contributed by atoms with Gasteiger partial charge in [-0.25, -0.2) is 4.39 Å². The Labute approximate surface area is 155 Å². The summed E-state index contributed by atoms with van der Waals surface area (Å²) in [5.41, 5.74) is 2.03. The topological polar surface area (TPSA) is 97.2 Å². The van der Waals surface area contributed by atoms with Gasteiger partial charge in [-0.05, 0) is 31.2 Å². The Morgan fingerprint density at radius 1 is 1.00 bits per heavy atom. The molecule has 0 aromatic heterocycles. The molecule has 1 aliphatic rings. The molecule has 7 nitrogen and oxygen atoms in total. The Hall–Kier alpha value is -3.65. The molecule has 0 amide bonds. The highest BCUT2D eigenvalue weighted by Crippen LogP contribution is 2.32. The molecule has 0 spiro atoms. The first kappa shape index (κ1) is 18.2. The zero-order chi connectivity index (χ0) is 19.6. The van der Waals surface area contributed by atoms with E-state index in [4.69, 9.17) is 10.5 Å². The Kier molecular flexibility index (Phi) is 4.91. The van der Waals surface area contributed by atoms with Gasteiger partial charge in [0.2, 0.25) is 0 Å². The maximum absolute atomic E-state index is 14.2. The second-order valence-corrected chi connectivity index (χ2v) is 6.26. The molecule has 0 saturated carbocycles. The van der Waals surface area contributed by atoms with Crippen molar-refractivity contribution in [2.45, 2.75) is 6.92 Å². The van der Waals surface area contributed by atoms with Crippen molar-refractivity contribution in [3.63, 3.8) is 0 Å². The second kappa shape index (κ2) is 7.30. The summed E-state index contributed by atoms with van der Waals surface area (Å²) in [6, 6.07) is 11.2. The van der Waals surface area contributed by atoms with E-state index in [1.54, 1.807) is 25.1 Å². The number of nitro groups is 1. The number of nitrogens with zero attached hydrogens (tertiary/aromatic N) is 5. The first-order chi connectivity index (χ1) is 12.9. The second-order valence-electron chi connectivity index (χ2n) is 6.26. The lowest BCUT2D eigenvalue weighted by Crippen LogP contribution is -2.47. The third-order valence-corrected chi connectivity index (χ3v) is 4.72. The van der Waals surface area contributed by atoms with Gasteiger partial charge in [0.15, 0.2) is 0 Å². The van der Waals surface area contributed by atoms with E-state index in [2.05, 4.69) is 0 Å². The van der Waals surface area contributed by atoms with E-state index in [1.807, 2.05) is 21.9 Å². The maximum Gasteiger partial charge on any atom is 0.275 e. The van der Waals surface area contributed by atoms with Crippen LogP contribution in [0.1, 0.15) is 16.7 Å². The third kappa shape index (κ3) is 3.51. The van der Waals surface area contributed by atoms with Crippen LogP contribution in [0.5, 0.6) is 0 Å².